The second-order valence-electron chi connectivity index (χ2n) is 4.36. The van der Waals surface area contributed by atoms with E-state index in [1.54, 1.807) is 12.1 Å². The Morgan fingerprint density at radius 1 is 1.61 bits per heavy atom. The van der Waals surface area contributed by atoms with Gasteiger partial charge in [-0.15, -0.1) is 0 Å². The van der Waals surface area contributed by atoms with Crippen LogP contribution in [0.25, 0.3) is 0 Å². The molecule has 0 aliphatic carbocycles. The maximum absolute atomic E-state index is 13.6. The van der Waals surface area contributed by atoms with Crippen molar-refractivity contribution in [3.8, 4) is 0 Å². The standard InChI is InChI=1S/C12H17ClFN3O/c1-8(12(15)16-18)6-17(2)7-9-3-4-10(13)5-11(9)14/h3-5,8,18H,6-7H2,1-2H3,(H2,15,16). The fourth-order valence-electron chi connectivity index (χ4n) is 1.66. The lowest BCUT2D eigenvalue weighted by Crippen LogP contribution is -2.32. The molecule has 0 amide bonds. The van der Waals surface area contributed by atoms with Gasteiger partial charge in [0.05, 0.1) is 0 Å². The molecule has 1 atom stereocenters. The third kappa shape index (κ3) is 4.16. The summed E-state index contributed by atoms with van der Waals surface area (Å²) in [5.74, 6) is -0.264. The topological polar surface area (TPSA) is 61.8 Å². The highest BCUT2D eigenvalue weighted by molar-refractivity contribution is 6.30. The Balaban J connectivity index is 2.62. The molecule has 0 bridgehead atoms. The number of amidine groups is 1. The monoisotopic (exact) mass is 273 g/mol. The van der Waals surface area contributed by atoms with Gasteiger partial charge in [0.25, 0.3) is 0 Å². The molecule has 1 aromatic carbocycles. The Kier molecular flexibility index (Phi) is 5.37. The number of halogens is 2. The maximum atomic E-state index is 13.6. The molecule has 100 valence electrons. The van der Waals surface area contributed by atoms with Crippen LogP contribution in [0.3, 0.4) is 0 Å². The number of benzene rings is 1. The third-order valence-electron chi connectivity index (χ3n) is 2.66. The highest BCUT2D eigenvalue weighted by atomic mass is 35.5. The molecule has 0 aliphatic heterocycles. The minimum absolute atomic E-state index is 0.102. The van der Waals surface area contributed by atoms with E-state index in [9.17, 15) is 4.39 Å². The first-order valence-electron chi connectivity index (χ1n) is 5.54. The van der Waals surface area contributed by atoms with Crippen LogP contribution in [0, 0.1) is 11.7 Å². The van der Waals surface area contributed by atoms with E-state index in [2.05, 4.69) is 5.16 Å². The second-order valence-corrected chi connectivity index (χ2v) is 4.79. The normalized spacial score (nSPS) is 13.9. The Hall–Kier alpha value is -1.33. The first kappa shape index (κ1) is 14.7. The van der Waals surface area contributed by atoms with E-state index in [1.165, 1.54) is 6.07 Å². The third-order valence-corrected chi connectivity index (χ3v) is 2.90. The zero-order chi connectivity index (χ0) is 13.7. The molecule has 3 N–H and O–H groups in total. The van der Waals surface area contributed by atoms with Crippen molar-refractivity contribution >= 4 is 17.4 Å². The van der Waals surface area contributed by atoms with Crippen LogP contribution < -0.4 is 5.73 Å². The second kappa shape index (κ2) is 6.56. The van der Waals surface area contributed by atoms with Gasteiger partial charge in [-0.3, -0.25) is 0 Å². The highest BCUT2D eigenvalue weighted by Gasteiger charge is 2.12. The average Bonchev–Trinajstić information content (AvgIpc) is 2.31. The molecule has 0 saturated carbocycles. The number of nitrogens with zero attached hydrogens (tertiary/aromatic N) is 2. The van der Waals surface area contributed by atoms with E-state index in [0.29, 0.717) is 23.7 Å². The summed E-state index contributed by atoms with van der Waals surface area (Å²) in [6.07, 6.45) is 0. The van der Waals surface area contributed by atoms with Gasteiger partial charge in [-0.25, -0.2) is 4.39 Å². The first-order chi connectivity index (χ1) is 8.43. The molecule has 18 heavy (non-hydrogen) atoms. The quantitative estimate of drug-likeness (QED) is 0.374. The lowest BCUT2D eigenvalue weighted by Gasteiger charge is -2.20. The maximum Gasteiger partial charge on any atom is 0.143 e. The number of hydrogen-bond donors (Lipinski definition) is 2. The number of hydrogen-bond acceptors (Lipinski definition) is 3. The van der Waals surface area contributed by atoms with Crippen molar-refractivity contribution in [1.29, 1.82) is 0 Å². The minimum atomic E-state index is -0.328. The average molecular weight is 274 g/mol. The van der Waals surface area contributed by atoms with Crippen LogP contribution >= 0.6 is 11.6 Å². The summed E-state index contributed by atoms with van der Waals surface area (Å²) < 4.78 is 13.6. The van der Waals surface area contributed by atoms with Crippen molar-refractivity contribution in [1.82, 2.24) is 4.90 Å². The largest absolute Gasteiger partial charge is 0.409 e. The molecule has 1 aromatic rings. The zero-order valence-electron chi connectivity index (χ0n) is 10.4. The smallest absolute Gasteiger partial charge is 0.143 e. The zero-order valence-corrected chi connectivity index (χ0v) is 11.2. The van der Waals surface area contributed by atoms with Gasteiger partial charge in [-0.05, 0) is 19.2 Å². The van der Waals surface area contributed by atoms with Crippen molar-refractivity contribution in [2.24, 2.45) is 16.8 Å². The lowest BCUT2D eigenvalue weighted by molar-refractivity contribution is 0.288. The van der Waals surface area contributed by atoms with Crippen molar-refractivity contribution in [3.63, 3.8) is 0 Å². The molecular formula is C12H17ClFN3O. The molecule has 4 nitrogen and oxygen atoms in total. The van der Waals surface area contributed by atoms with Gasteiger partial charge in [0.2, 0.25) is 0 Å². The van der Waals surface area contributed by atoms with Crippen LogP contribution in [-0.2, 0) is 6.54 Å². The van der Waals surface area contributed by atoms with Crippen LogP contribution in [0.4, 0.5) is 4.39 Å². The Labute approximate surface area is 111 Å². The molecule has 1 unspecified atom stereocenters. The molecule has 0 saturated heterocycles. The van der Waals surface area contributed by atoms with Gasteiger partial charge in [-0.1, -0.05) is 29.7 Å². The molecule has 6 heteroatoms. The summed E-state index contributed by atoms with van der Waals surface area (Å²) in [6.45, 7) is 2.84. The van der Waals surface area contributed by atoms with Crippen molar-refractivity contribution in [2.45, 2.75) is 13.5 Å². The molecule has 0 spiro atoms. The van der Waals surface area contributed by atoms with E-state index in [-0.39, 0.29) is 17.6 Å². The summed E-state index contributed by atoms with van der Waals surface area (Å²) in [5.41, 5.74) is 6.05. The van der Waals surface area contributed by atoms with Gasteiger partial charge in [0, 0.05) is 29.6 Å². The number of nitrogens with two attached hydrogens (primary N) is 1. The lowest BCUT2D eigenvalue weighted by atomic mass is 10.1. The summed E-state index contributed by atoms with van der Waals surface area (Å²) in [5, 5.41) is 11.9. The summed E-state index contributed by atoms with van der Waals surface area (Å²) >= 11 is 5.68. The molecule has 0 aromatic heterocycles. The van der Waals surface area contributed by atoms with E-state index in [1.807, 2.05) is 18.9 Å². The van der Waals surface area contributed by atoms with Gasteiger partial charge >= 0.3 is 0 Å². The van der Waals surface area contributed by atoms with Gasteiger partial charge in [-0.2, -0.15) is 0 Å². The van der Waals surface area contributed by atoms with E-state index < -0.39 is 0 Å². The van der Waals surface area contributed by atoms with Crippen molar-refractivity contribution < 1.29 is 9.60 Å². The molecule has 1 rings (SSSR count). The van der Waals surface area contributed by atoms with Crippen molar-refractivity contribution in [2.75, 3.05) is 13.6 Å². The Bertz CT molecular complexity index is 439. The van der Waals surface area contributed by atoms with Crippen LogP contribution in [-0.4, -0.2) is 29.5 Å². The van der Waals surface area contributed by atoms with E-state index >= 15 is 0 Å². The van der Waals surface area contributed by atoms with Gasteiger partial charge in [0.1, 0.15) is 11.7 Å². The summed E-state index contributed by atoms with van der Waals surface area (Å²) in [4.78, 5) is 1.90. The van der Waals surface area contributed by atoms with Gasteiger partial charge < -0.3 is 15.8 Å². The predicted octanol–water partition coefficient (Wildman–Crippen LogP) is 2.29. The number of oxime groups is 1. The fourth-order valence-corrected chi connectivity index (χ4v) is 1.82. The fraction of sp³-hybridized carbons (Fsp3) is 0.417. The van der Waals surface area contributed by atoms with Crippen molar-refractivity contribution in [3.05, 3.63) is 34.6 Å². The van der Waals surface area contributed by atoms with Crippen LogP contribution in [0.1, 0.15) is 12.5 Å². The van der Waals surface area contributed by atoms with Crippen LogP contribution in [0.15, 0.2) is 23.4 Å². The van der Waals surface area contributed by atoms with Crippen LogP contribution in [0.5, 0.6) is 0 Å². The van der Waals surface area contributed by atoms with Crippen LogP contribution in [0.2, 0.25) is 5.02 Å². The molecular weight excluding hydrogens is 257 g/mol. The predicted molar refractivity (Wildman–Crippen MR) is 70.3 cm³/mol. The highest BCUT2D eigenvalue weighted by Crippen LogP contribution is 2.16. The van der Waals surface area contributed by atoms with Gasteiger partial charge in [0.15, 0.2) is 0 Å². The molecule has 0 fully saturated rings. The Morgan fingerprint density at radius 3 is 2.83 bits per heavy atom. The minimum Gasteiger partial charge on any atom is -0.409 e. The molecule has 0 radical (unpaired) electrons. The SMILES string of the molecule is CC(CN(C)Cc1ccc(Cl)cc1F)/C(N)=N/O. The summed E-state index contributed by atoms with van der Waals surface area (Å²) in [7, 11) is 1.84. The van der Waals surface area contributed by atoms with E-state index in [4.69, 9.17) is 22.5 Å². The molecule has 0 aliphatic rings. The molecule has 0 heterocycles. The number of rotatable bonds is 5. The van der Waals surface area contributed by atoms with E-state index in [0.717, 1.165) is 0 Å². The Morgan fingerprint density at radius 2 is 2.28 bits per heavy atom. The first-order valence-corrected chi connectivity index (χ1v) is 5.91. The summed E-state index contributed by atoms with van der Waals surface area (Å²) in [6, 6.07) is 4.60.